The van der Waals surface area contributed by atoms with Crippen molar-refractivity contribution in [3.63, 3.8) is 0 Å². The van der Waals surface area contributed by atoms with Crippen molar-refractivity contribution in [1.29, 1.82) is 0 Å². The van der Waals surface area contributed by atoms with Crippen LogP contribution < -0.4 is 11.0 Å². The van der Waals surface area contributed by atoms with Crippen molar-refractivity contribution in [3.8, 4) is 0 Å². The van der Waals surface area contributed by atoms with Crippen LogP contribution >= 0.6 is 11.8 Å². The Morgan fingerprint density at radius 1 is 1.16 bits per heavy atom. The van der Waals surface area contributed by atoms with E-state index in [0.717, 1.165) is 51.1 Å². The number of aryl methyl sites for hydroxylation is 1. The minimum Gasteiger partial charge on any atom is -0.379 e. The highest BCUT2D eigenvalue weighted by Gasteiger charge is 2.38. The van der Waals surface area contributed by atoms with E-state index in [2.05, 4.69) is 20.4 Å². The average molecular weight is 460 g/mol. The molecule has 0 bridgehead atoms. The number of hydrogen-bond acceptors (Lipinski definition) is 6. The number of rotatable bonds is 9. The Morgan fingerprint density at radius 3 is 2.66 bits per heavy atom. The highest BCUT2D eigenvalue weighted by atomic mass is 32.2. The Morgan fingerprint density at radius 2 is 1.91 bits per heavy atom. The standard InChI is InChI=1S/C23H33N5O3S/c29-20(24-18-23(10-5-2-6-11-23)27-13-15-31-16-14-27)17-32-22-26-25-21(30)28(22)12-9-19-7-3-1-4-8-19/h1,3-4,7-8H,2,5-6,9-18H2,(H,24,29)(H,25,30). The maximum atomic E-state index is 12.7. The number of H-pyrrole nitrogens is 1. The van der Waals surface area contributed by atoms with Crippen LogP contribution in [0.25, 0.3) is 0 Å². The van der Waals surface area contributed by atoms with Crippen molar-refractivity contribution in [3.05, 3.63) is 46.4 Å². The molecule has 0 unspecified atom stereocenters. The molecule has 32 heavy (non-hydrogen) atoms. The Bertz CT molecular complexity index is 917. The van der Waals surface area contributed by atoms with Crippen LogP contribution in [-0.4, -0.2) is 69.7 Å². The SMILES string of the molecule is O=C(CSc1n[nH]c(=O)n1CCc1ccccc1)NCC1(N2CCOCC2)CCCCC1. The first-order valence-electron chi connectivity index (χ1n) is 11.6. The largest absolute Gasteiger partial charge is 0.379 e. The van der Waals surface area contributed by atoms with Crippen molar-refractivity contribution in [2.75, 3.05) is 38.6 Å². The van der Waals surface area contributed by atoms with E-state index in [1.54, 1.807) is 4.57 Å². The molecular weight excluding hydrogens is 426 g/mol. The molecule has 1 aliphatic carbocycles. The normalized spacial score (nSPS) is 19.0. The number of ether oxygens (including phenoxy) is 1. The van der Waals surface area contributed by atoms with Crippen LogP contribution in [0, 0.1) is 0 Å². The molecule has 2 heterocycles. The van der Waals surface area contributed by atoms with Gasteiger partial charge in [0.15, 0.2) is 5.16 Å². The summed E-state index contributed by atoms with van der Waals surface area (Å²) in [6.07, 6.45) is 6.68. The number of nitrogens with one attached hydrogen (secondary N) is 2. The van der Waals surface area contributed by atoms with Gasteiger partial charge in [0.2, 0.25) is 5.91 Å². The molecule has 9 heteroatoms. The van der Waals surface area contributed by atoms with Crippen LogP contribution in [0.3, 0.4) is 0 Å². The van der Waals surface area contributed by atoms with Crippen molar-refractivity contribution in [1.82, 2.24) is 25.0 Å². The Balaban J connectivity index is 1.30. The number of thioether (sulfide) groups is 1. The third-order valence-corrected chi connectivity index (χ3v) is 7.58. The van der Waals surface area contributed by atoms with Gasteiger partial charge in [0, 0.05) is 31.7 Å². The van der Waals surface area contributed by atoms with Gasteiger partial charge in [0.25, 0.3) is 0 Å². The lowest BCUT2D eigenvalue weighted by atomic mass is 9.79. The van der Waals surface area contributed by atoms with Gasteiger partial charge in [0.1, 0.15) is 0 Å². The number of morpholine rings is 1. The number of amides is 1. The lowest BCUT2D eigenvalue weighted by molar-refractivity contribution is -0.119. The first kappa shape index (κ1) is 23.1. The molecule has 1 saturated heterocycles. The van der Waals surface area contributed by atoms with E-state index in [0.29, 0.717) is 18.2 Å². The summed E-state index contributed by atoms with van der Waals surface area (Å²) in [6, 6.07) is 10.0. The van der Waals surface area contributed by atoms with Crippen molar-refractivity contribution < 1.29 is 9.53 Å². The van der Waals surface area contributed by atoms with E-state index in [-0.39, 0.29) is 22.9 Å². The molecule has 1 saturated carbocycles. The van der Waals surface area contributed by atoms with E-state index >= 15 is 0 Å². The minimum atomic E-state index is -0.239. The van der Waals surface area contributed by atoms with E-state index in [1.165, 1.54) is 31.0 Å². The molecule has 1 aromatic carbocycles. The average Bonchev–Trinajstić information content (AvgIpc) is 3.21. The smallest absolute Gasteiger partial charge is 0.343 e. The van der Waals surface area contributed by atoms with E-state index < -0.39 is 0 Å². The maximum Gasteiger partial charge on any atom is 0.343 e. The summed E-state index contributed by atoms with van der Waals surface area (Å²) in [7, 11) is 0. The molecule has 2 aromatic rings. The van der Waals surface area contributed by atoms with Gasteiger partial charge in [-0.2, -0.15) is 0 Å². The number of aromatic nitrogens is 3. The highest BCUT2D eigenvalue weighted by molar-refractivity contribution is 7.99. The quantitative estimate of drug-likeness (QED) is 0.558. The topological polar surface area (TPSA) is 92.2 Å². The zero-order valence-electron chi connectivity index (χ0n) is 18.6. The molecule has 2 fully saturated rings. The van der Waals surface area contributed by atoms with Gasteiger partial charge < -0.3 is 10.1 Å². The van der Waals surface area contributed by atoms with Crippen LogP contribution in [-0.2, 0) is 22.5 Å². The monoisotopic (exact) mass is 459 g/mol. The predicted molar refractivity (Wildman–Crippen MR) is 125 cm³/mol. The molecule has 174 valence electrons. The van der Waals surface area contributed by atoms with Gasteiger partial charge >= 0.3 is 5.69 Å². The zero-order chi connectivity index (χ0) is 22.2. The van der Waals surface area contributed by atoms with Gasteiger partial charge in [-0.1, -0.05) is 61.4 Å². The molecule has 4 rings (SSSR count). The molecule has 0 radical (unpaired) electrons. The Hall–Kier alpha value is -2.10. The van der Waals surface area contributed by atoms with Crippen LogP contribution in [0.2, 0.25) is 0 Å². The Kier molecular flexibility index (Phi) is 8.05. The molecule has 0 atom stereocenters. The highest BCUT2D eigenvalue weighted by Crippen LogP contribution is 2.34. The fourth-order valence-corrected chi connectivity index (χ4v) is 5.60. The van der Waals surface area contributed by atoms with Crippen molar-refractivity contribution >= 4 is 17.7 Å². The summed E-state index contributed by atoms with van der Waals surface area (Å²) >= 11 is 1.31. The first-order chi connectivity index (χ1) is 15.7. The molecule has 1 aromatic heterocycles. The fraction of sp³-hybridized carbons (Fsp3) is 0.609. The van der Waals surface area contributed by atoms with Gasteiger partial charge in [-0.25, -0.2) is 9.89 Å². The van der Waals surface area contributed by atoms with Crippen molar-refractivity contribution in [2.24, 2.45) is 0 Å². The van der Waals surface area contributed by atoms with Gasteiger partial charge in [0.05, 0.1) is 19.0 Å². The second-order valence-electron chi connectivity index (χ2n) is 8.65. The number of aromatic amines is 1. The zero-order valence-corrected chi connectivity index (χ0v) is 19.4. The van der Waals surface area contributed by atoms with Crippen molar-refractivity contribution in [2.45, 2.75) is 55.8 Å². The predicted octanol–water partition coefficient (Wildman–Crippen LogP) is 2.06. The van der Waals surface area contributed by atoms with Crippen LogP contribution in [0.5, 0.6) is 0 Å². The summed E-state index contributed by atoms with van der Waals surface area (Å²) in [6.45, 7) is 4.62. The number of carbonyl (C=O) groups is 1. The third kappa shape index (κ3) is 5.82. The molecule has 0 spiro atoms. The van der Waals surface area contributed by atoms with Crippen LogP contribution in [0.15, 0.2) is 40.3 Å². The molecule has 1 amide bonds. The maximum absolute atomic E-state index is 12.7. The van der Waals surface area contributed by atoms with Crippen LogP contribution in [0.1, 0.15) is 37.7 Å². The number of nitrogens with zero attached hydrogens (tertiary/aromatic N) is 3. The Labute approximate surface area is 193 Å². The van der Waals surface area contributed by atoms with Gasteiger partial charge in [-0.05, 0) is 24.8 Å². The lowest BCUT2D eigenvalue weighted by Crippen LogP contribution is -2.59. The first-order valence-corrected chi connectivity index (χ1v) is 12.6. The molecule has 2 N–H and O–H groups in total. The fourth-order valence-electron chi connectivity index (χ4n) is 4.79. The summed E-state index contributed by atoms with van der Waals surface area (Å²) < 4.78 is 7.15. The second-order valence-corrected chi connectivity index (χ2v) is 9.59. The minimum absolute atomic E-state index is 0.0155. The summed E-state index contributed by atoms with van der Waals surface area (Å²) in [5.74, 6) is 0.229. The summed E-state index contributed by atoms with van der Waals surface area (Å²) in [5, 5.41) is 10.4. The molecule has 8 nitrogen and oxygen atoms in total. The second kappa shape index (κ2) is 11.2. The summed E-state index contributed by atoms with van der Waals surface area (Å²) in [4.78, 5) is 27.4. The van der Waals surface area contributed by atoms with E-state index in [9.17, 15) is 9.59 Å². The summed E-state index contributed by atoms with van der Waals surface area (Å²) in [5.41, 5.74) is 0.972. The number of carbonyl (C=O) groups excluding carboxylic acids is 1. The molecule has 2 aliphatic rings. The van der Waals surface area contributed by atoms with Crippen LogP contribution in [0.4, 0.5) is 0 Å². The number of benzene rings is 1. The lowest BCUT2D eigenvalue weighted by Gasteiger charge is -2.48. The van der Waals surface area contributed by atoms with E-state index in [4.69, 9.17) is 4.74 Å². The third-order valence-electron chi connectivity index (χ3n) is 6.60. The van der Waals surface area contributed by atoms with E-state index in [1.807, 2.05) is 30.3 Å². The molecular formula is C23H33N5O3S. The molecule has 1 aliphatic heterocycles. The number of hydrogen-bond donors (Lipinski definition) is 2. The van der Waals surface area contributed by atoms with Gasteiger partial charge in [-0.15, -0.1) is 5.10 Å². The van der Waals surface area contributed by atoms with Gasteiger partial charge in [-0.3, -0.25) is 14.3 Å².